The lowest BCUT2D eigenvalue weighted by Crippen LogP contribution is -2.19. The van der Waals surface area contributed by atoms with Gasteiger partial charge >= 0.3 is 0 Å². The van der Waals surface area contributed by atoms with E-state index in [4.69, 9.17) is 16.3 Å². The van der Waals surface area contributed by atoms with Crippen LogP contribution in [0.2, 0.25) is 5.02 Å². The lowest BCUT2D eigenvalue weighted by molar-refractivity contribution is 0.414. The third kappa shape index (κ3) is 2.32. The van der Waals surface area contributed by atoms with Crippen molar-refractivity contribution in [1.29, 1.82) is 0 Å². The van der Waals surface area contributed by atoms with Crippen molar-refractivity contribution >= 4 is 22.5 Å². The fourth-order valence-electron chi connectivity index (χ4n) is 2.48. The quantitative estimate of drug-likeness (QED) is 0.745. The number of rotatable bonds is 3. The number of halogens is 1. The summed E-state index contributed by atoms with van der Waals surface area (Å²) in [5.41, 5.74) is 1.79. The van der Waals surface area contributed by atoms with E-state index >= 15 is 0 Å². The lowest BCUT2D eigenvalue weighted by atomic mass is 10.2. The van der Waals surface area contributed by atoms with E-state index in [2.05, 4.69) is 0 Å². The average molecular weight is 303 g/mol. The molecule has 0 N–H and O–H groups in total. The Kier molecular flexibility index (Phi) is 3.47. The maximum Gasteiger partial charge on any atom is 0.274 e. The van der Waals surface area contributed by atoms with Gasteiger partial charge in [-0.25, -0.2) is 0 Å². The van der Waals surface area contributed by atoms with E-state index in [0.29, 0.717) is 17.0 Å². The number of ether oxygens (including phenoxy) is 1. The van der Waals surface area contributed by atoms with Gasteiger partial charge in [0.05, 0.1) is 24.6 Å². The Bertz CT molecular complexity index is 864. The van der Waals surface area contributed by atoms with Crippen LogP contribution in [0.15, 0.2) is 47.3 Å². The number of nitrogens with zero attached hydrogens (tertiary/aromatic N) is 2. The number of benzene rings is 2. The van der Waals surface area contributed by atoms with E-state index in [1.165, 1.54) is 0 Å². The molecule has 0 atom stereocenters. The Morgan fingerprint density at radius 1 is 1.19 bits per heavy atom. The van der Waals surface area contributed by atoms with Crippen LogP contribution in [0.25, 0.3) is 10.9 Å². The van der Waals surface area contributed by atoms with Crippen molar-refractivity contribution in [3.8, 4) is 5.75 Å². The van der Waals surface area contributed by atoms with Gasteiger partial charge in [0.1, 0.15) is 5.75 Å². The van der Waals surface area contributed by atoms with Gasteiger partial charge < -0.3 is 4.74 Å². The fourth-order valence-corrected chi connectivity index (χ4v) is 2.65. The van der Waals surface area contributed by atoms with Gasteiger partial charge in [-0.3, -0.25) is 14.2 Å². The van der Waals surface area contributed by atoms with Crippen LogP contribution >= 0.6 is 11.6 Å². The topological polar surface area (TPSA) is 36.2 Å². The minimum Gasteiger partial charge on any atom is -0.497 e. The number of hydrogen-bond acceptors (Lipinski definition) is 2. The van der Waals surface area contributed by atoms with Crippen molar-refractivity contribution in [2.75, 3.05) is 7.11 Å². The Hall–Kier alpha value is -2.20. The molecule has 0 radical (unpaired) electrons. The van der Waals surface area contributed by atoms with Crippen molar-refractivity contribution in [2.45, 2.75) is 6.54 Å². The van der Waals surface area contributed by atoms with Crippen LogP contribution in [0, 0.1) is 0 Å². The zero-order chi connectivity index (χ0) is 15.0. The van der Waals surface area contributed by atoms with Crippen LogP contribution in [0.1, 0.15) is 5.56 Å². The highest BCUT2D eigenvalue weighted by Gasteiger charge is 2.12. The molecule has 0 fully saturated rings. The number of fused-ring (bicyclic) bond motifs is 1. The summed E-state index contributed by atoms with van der Waals surface area (Å²) in [6.45, 7) is 0.509. The number of para-hydroxylation sites is 1. The predicted octanol–water partition coefficient (Wildman–Crippen LogP) is 3.05. The second kappa shape index (κ2) is 5.30. The van der Waals surface area contributed by atoms with Crippen molar-refractivity contribution in [1.82, 2.24) is 9.36 Å². The van der Waals surface area contributed by atoms with Crippen LogP contribution in [0.3, 0.4) is 0 Å². The second-order valence-electron chi connectivity index (χ2n) is 4.86. The van der Waals surface area contributed by atoms with Gasteiger partial charge in [0, 0.05) is 12.1 Å². The molecule has 1 heterocycles. The molecule has 1 aromatic heterocycles. The van der Waals surface area contributed by atoms with E-state index < -0.39 is 0 Å². The Labute approximate surface area is 127 Å². The van der Waals surface area contributed by atoms with E-state index in [1.807, 2.05) is 41.1 Å². The molecule has 108 valence electrons. The van der Waals surface area contributed by atoms with E-state index in [0.717, 1.165) is 16.8 Å². The average Bonchev–Trinajstić information content (AvgIpc) is 2.75. The molecule has 3 aromatic rings. The first-order valence-corrected chi connectivity index (χ1v) is 6.96. The third-order valence-electron chi connectivity index (χ3n) is 3.64. The van der Waals surface area contributed by atoms with Crippen LogP contribution in [-0.2, 0) is 13.6 Å². The molecule has 0 spiro atoms. The van der Waals surface area contributed by atoms with Gasteiger partial charge in [-0.15, -0.1) is 0 Å². The molecule has 0 amide bonds. The lowest BCUT2D eigenvalue weighted by Gasteiger charge is -2.12. The Morgan fingerprint density at radius 3 is 2.71 bits per heavy atom. The molecular weight excluding hydrogens is 288 g/mol. The summed E-state index contributed by atoms with van der Waals surface area (Å²) in [4.78, 5) is 12.2. The summed E-state index contributed by atoms with van der Waals surface area (Å²) in [5.74, 6) is 0.746. The smallest absolute Gasteiger partial charge is 0.274 e. The molecule has 21 heavy (non-hydrogen) atoms. The molecule has 0 bridgehead atoms. The molecule has 0 saturated carbocycles. The molecule has 0 saturated heterocycles. The first-order chi connectivity index (χ1) is 10.1. The van der Waals surface area contributed by atoms with E-state index in [9.17, 15) is 4.79 Å². The minimum atomic E-state index is -0.00961. The maximum absolute atomic E-state index is 12.2. The van der Waals surface area contributed by atoms with Crippen molar-refractivity contribution in [2.24, 2.45) is 7.05 Å². The fraction of sp³-hybridized carbons (Fsp3) is 0.188. The Morgan fingerprint density at radius 2 is 1.95 bits per heavy atom. The SMILES string of the molecule is COc1ccc(Cl)c(Cn2c3ccccc3c(=O)n2C)c1. The van der Waals surface area contributed by atoms with Crippen LogP contribution in [0.5, 0.6) is 5.75 Å². The van der Waals surface area contributed by atoms with Crippen molar-refractivity contribution in [3.05, 3.63) is 63.4 Å². The highest BCUT2D eigenvalue weighted by atomic mass is 35.5. The Balaban J connectivity index is 2.15. The summed E-state index contributed by atoms with van der Waals surface area (Å²) < 4.78 is 8.76. The number of hydrogen-bond donors (Lipinski definition) is 0. The molecule has 0 aliphatic carbocycles. The third-order valence-corrected chi connectivity index (χ3v) is 4.01. The molecule has 2 aromatic carbocycles. The molecule has 0 aliphatic rings. The maximum atomic E-state index is 12.2. The first kappa shape index (κ1) is 13.8. The van der Waals surface area contributed by atoms with Gasteiger partial charge in [-0.1, -0.05) is 23.7 Å². The monoisotopic (exact) mass is 302 g/mol. The number of methoxy groups -OCH3 is 1. The number of aromatic nitrogens is 2. The summed E-state index contributed by atoms with van der Waals surface area (Å²) in [6.07, 6.45) is 0. The van der Waals surface area contributed by atoms with Gasteiger partial charge in [0.15, 0.2) is 0 Å². The minimum absolute atomic E-state index is 0.00961. The first-order valence-electron chi connectivity index (χ1n) is 6.59. The second-order valence-corrected chi connectivity index (χ2v) is 5.27. The normalized spacial score (nSPS) is 11.0. The summed E-state index contributed by atoms with van der Waals surface area (Å²) in [6, 6.07) is 13.1. The summed E-state index contributed by atoms with van der Waals surface area (Å²) in [5, 5.41) is 1.36. The van der Waals surface area contributed by atoms with Crippen LogP contribution in [0.4, 0.5) is 0 Å². The van der Waals surface area contributed by atoms with Gasteiger partial charge in [0.2, 0.25) is 0 Å². The highest BCUT2D eigenvalue weighted by Crippen LogP contribution is 2.24. The van der Waals surface area contributed by atoms with Crippen molar-refractivity contribution in [3.63, 3.8) is 0 Å². The van der Waals surface area contributed by atoms with Crippen molar-refractivity contribution < 1.29 is 4.74 Å². The van der Waals surface area contributed by atoms with Crippen LogP contribution in [-0.4, -0.2) is 16.5 Å². The summed E-state index contributed by atoms with van der Waals surface area (Å²) >= 11 is 6.26. The van der Waals surface area contributed by atoms with E-state index in [1.54, 1.807) is 24.9 Å². The largest absolute Gasteiger partial charge is 0.497 e. The van der Waals surface area contributed by atoms with Gasteiger partial charge in [0.25, 0.3) is 5.56 Å². The molecular formula is C16H15ClN2O2. The molecule has 5 heteroatoms. The molecule has 4 nitrogen and oxygen atoms in total. The summed E-state index contributed by atoms with van der Waals surface area (Å²) in [7, 11) is 3.38. The molecule has 0 unspecified atom stereocenters. The molecule has 3 rings (SSSR count). The standard InChI is InChI=1S/C16H15ClN2O2/c1-18-16(20)13-5-3-4-6-15(13)19(18)10-11-9-12(21-2)7-8-14(11)17/h3-9H,10H2,1-2H3. The van der Waals surface area contributed by atoms with Gasteiger partial charge in [-0.2, -0.15) is 0 Å². The van der Waals surface area contributed by atoms with Gasteiger partial charge in [-0.05, 0) is 35.9 Å². The zero-order valence-electron chi connectivity index (χ0n) is 11.8. The zero-order valence-corrected chi connectivity index (χ0v) is 12.6. The molecule has 0 aliphatic heterocycles. The van der Waals surface area contributed by atoms with Crippen LogP contribution < -0.4 is 10.3 Å². The van der Waals surface area contributed by atoms with E-state index in [-0.39, 0.29) is 5.56 Å². The highest BCUT2D eigenvalue weighted by molar-refractivity contribution is 6.31. The predicted molar refractivity (Wildman–Crippen MR) is 84.3 cm³/mol.